The first-order chi connectivity index (χ1) is 25.2. The predicted octanol–water partition coefficient (Wildman–Crippen LogP) is 3.37. The van der Waals surface area contributed by atoms with Gasteiger partial charge in [-0.05, 0) is 48.4 Å². The van der Waals surface area contributed by atoms with Crippen LogP contribution < -0.4 is 11.1 Å². The third kappa shape index (κ3) is 11.6. The summed E-state index contributed by atoms with van der Waals surface area (Å²) in [5, 5.41) is 21.3. The first-order valence-corrected chi connectivity index (χ1v) is 20.0. The van der Waals surface area contributed by atoms with Gasteiger partial charge in [0, 0.05) is 38.1 Å². The fourth-order valence-electron chi connectivity index (χ4n) is 6.10. The zero-order valence-electron chi connectivity index (χ0n) is 30.9. The van der Waals surface area contributed by atoms with Crippen LogP contribution in [0.3, 0.4) is 0 Å². The Hall–Kier alpha value is -4.22. The zero-order chi connectivity index (χ0) is 38.7. The Labute approximate surface area is 316 Å². The number of nitrogens with zero attached hydrogens (tertiary/aromatic N) is 5. The maximum Gasteiger partial charge on any atom is 0.336 e. The number of nitrogens with two attached hydrogens (primary N) is 1. The van der Waals surface area contributed by atoms with Crippen molar-refractivity contribution in [3.05, 3.63) is 81.8 Å². The maximum atomic E-state index is 14.1. The maximum absolute atomic E-state index is 14.1. The quantitative estimate of drug-likeness (QED) is 0.0934. The Morgan fingerprint density at radius 2 is 1.79 bits per heavy atom. The number of urea groups is 1. The minimum Gasteiger partial charge on any atom is -0.390 e. The number of aliphatic hydroxyl groups excluding tert-OH is 1. The number of aromatic nitrogens is 1. The number of sulfonamides is 1. The number of thiazole rings is 1. The van der Waals surface area contributed by atoms with E-state index in [2.05, 4.69) is 15.5 Å². The van der Waals surface area contributed by atoms with E-state index in [4.69, 9.17) is 10.6 Å². The number of nitrogens with one attached hydrogen (secondary N) is 1. The molecule has 0 saturated carbocycles. The standard InChI is InChI=1S/C37H51N7O7S2/c1-25(2)21-43(53(49,50)31-13-11-29(12-14-31)20-39-51-34(46)15-16-38)23-33(45)32(19-28-9-7-6-8-10-28)41-36(47)35(26(3)4)44-18-17-42(37(44)48)22-30-24-52-27(5)40-30/h6-14,20,24-26,32-33,35,45H,15-19,21-23,38H2,1-5H3,(H,41,47)/t32-,33-,35-/m0/s1. The number of carbonyl (C=O) groups excluding carboxylic acids is 3. The summed E-state index contributed by atoms with van der Waals surface area (Å²) in [4.78, 5) is 51.7. The Morgan fingerprint density at radius 3 is 2.40 bits per heavy atom. The summed E-state index contributed by atoms with van der Waals surface area (Å²) in [6.07, 6.45) is 0.220. The smallest absolute Gasteiger partial charge is 0.336 e. The van der Waals surface area contributed by atoms with E-state index in [1.54, 1.807) is 9.80 Å². The van der Waals surface area contributed by atoms with Crippen LogP contribution in [0.2, 0.25) is 0 Å². The molecule has 1 saturated heterocycles. The lowest BCUT2D eigenvalue weighted by Crippen LogP contribution is -2.57. The lowest BCUT2D eigenvalue weighted by atomic mass is 9.97. The summed E-state index contributed by atoms with van der Waals surface area (Å²) in [7, 11) is -4.11. The fraction of sp³-hybridized carbons (Fsp3) is 0.486. The van der Waals surface area contributed by atoms with Crippen LogP contribution in [0.5, 0.6) is 0 Å². The third-order valence-corrected chi connectivity index (χ3v) is 11.3. The monoisotopic (exact) mass is 769 g/mol. The molecule has 2 aromatic carbocycles. The van der Waals surface area contributed by atoms with Gasteiger partial charge in [0.25, 0.3) is 0 Å². The number of benzene rings is 2. The second kappa shape index (κ2) is 19.2. The summed E-state index contributed by atoms with van der Waals surface area (Å²) < 4.78 is 29.3. The van der Waals surface area contributed by atoms with Crippen LogP contribution in [0.1, 0.15) is 55.9 Å². The normalized spacial score (nSPS) is 15.5. The van der Waals surface area contributed by atoms with E-state index in [1.165, 1.54) is 46.1 Å². The van der Waals surface area contributed by atoms with Gasteiger partial charge in [0.05, 0.1) is 46.9 Å². The molecule has 0 spiro atoms. The minimum atomic E-state index is -4.11. The predicted molar refractivity (Wildman–Crippen MR) is 203 cm³/mol. The molecule has 4 N–H and O–H groups in total. The van der Waals surface area contributed by atoms with E-state index in [0.717, 1.165) is 16.3 Å². The van der Waals surface area contributed by atoms with Gasteiger partial charge in [0.1, 0.15) is 6.04 Å². The fourth-order valence-corrected chi connectivity index (χ4v) is 8.33. The largest absolute Gasteiger partial charge is 0.390 e. The molecule has 3 aromatic rings. The molecule has 0 radical (unpaired) electrons. The van der Waals surface area contributed by atoms with Gasteiger partial charge in [-0.2, -0.15) is 4.31 Å². The first-order valence-electron chi connectivity index (χ1n) is 17.7. The van der Waals surface area contributed by atoms with Crippen molar-refractivity contribution in [1.82, 2.24) is 24.4 Å². The average Bonchev–Trinajstić information content (AvgIpc) is 3.68. The summed E-state index contributed by atoms with van der Waals surface area (Å²) in [6.45, 7) is 10.5. The van der Waals surface area contributed by atoms with Crippen molar-refractivity contribution < 1.29 is 32.7 Å². The number of oxime groups is 1. The molecule has 1 aromatic heterocycles. The Morgan fingerprint density at radius 1 is 1.09 bits per heavy atom. The molecule has 3 amide bonds. The Kier molecular flexibility index (Phi) is 15.1. The molecule has 1 aliphatic rings. The summed E-state index contributed by atoms with van der Waals surface area (Å²) in [5.74, 6) is -1.35. The van der Waals surface area contributed by atoms with E-state index in [-0.39, 0.29) is 55.2 Å². The lowest BCUT2D eigenvalue weighted by Gasteiger charge is -2.34. The molecule has 0 bridgehead atoms. The van der Waals surface area contributed by atoms with Gasteiger partial charge in [-0.25, -0.2) is 23.0 Å². The van der Waals surface area contributed by atoms with Crippen LogP contribution in [0, 0.1) is 18.8 Å². The van der Waals surface area contributed by atoms with Crippen LogP contribution >= 0.6 is 11.3 Å². The molecule has 1 fully saturated rings. The van der Waals surface area contributed by atoms with Crippen molar-refractivity contribution in [2.45, 2.75) is 77.1 Å². The number of hydrogen-bond donors (Lipinski definition) is 3. The topological polar surface area (TPSA) is 188 Å². The Bertz CT molecular complexity index is 1800. The second-order valence-corrected chi connectivity index (χ2v) is 16.8. The van der Waals surface area contributed by atoms with E-state index in [0.29, 0.717) is 25.2 Å². The van der Waals surface area contributed by atoms with E-state index in [1.807, 2.05) is 70.3 Å². The Balaban J connectivity index is 1.54. The van der Waals surface area contributed by atoms with Crippen molar-refractivity contribution >= 4 is 45.5 Å². The number of aryl methyl sites for hydroxylation is 1. The van der Waals surface area contributed by atoms with Gasteiger partial charge in [-0.3, -0.25) is 4.79 Å². The third-order valence-electron chi connectivity index (χ3n) is 8.66. The lowest BCUT2D eigenvalue weighted by molar-refractivity contribution is -0.143. The van der Waals surface area contributed by atoms with E-state index in [9.17, 15) is 27.9 Å². The first kappa shape index (κ1) is 41.5. The molecule has 1 aliphatic heterocycles. The van der Waals surface area contributed by atoms with Crippen LogP contribution in [0.15, 0.2) is 70.0 Å². The molecule has 0 aliphatic carbocycles. The number of amides is 3. The van der Waals surface area contributed by atoms with Crippen LogP contribution in [0.4, 0.5) is 4.79 Å². The highest BCUT2D eigenvalue weighted by Gasteiger charge is 2.40. The van der Waals surface area contributed by atoms with Crippen molar-refractivity contribution in [3.63, 3.8) is 0 Å². The summed E-state index contributed by atoms with van der Waals surface area (Å²) in [6, 6.07) is 13.2. The minimum absolute atomic E-state index is 0.00365. The van der Waals surface area contributed by atoms with Gasteiger partial charge in [-0.1, -0.05) is 75.3 Å². The molecule has 14 nitrogen and oxygen atoms in total. The molecule has 16 heteroatoms. The van der Waals surface area contributed by atoms with Crippen LogP contribution in [0.25, 0.3) is 0 Å². The molecule has 4 rings (SSSR count). The number of aliphatic hydroxyl groups is 1. The van der Waals surface area contributed by atoms with Crippen molar-refractivity contribution in [1.29, 1.82) is 0 Å². The van der Waals surface area contributed by atoms with Crippen LogP contribution in [-0.4, -0.2) is 108 Å². The molecule has 3 atom stereocenters. The number of rotatable bonds is 19. The molecule has 288 valence electrons. The average molecular weight is 770 g/mol. The van der Waals surface area contributed by atoms with Gasteiger partial charge in [0.2, 0.25) is 15.9 Å². The highest BCUT2D eigenvalue weighted by molar-refractivity contribution is 7.89. The van der Waals surface area contributed by atoms with Gasteiger partial charge >= 0.3 is 12.0 Å². The zero-order valence-corrected chi connectivity index (χ0v) is 32.6. The van der Waals surface area contributed by atoms with Crippen molar-refractivity contribution in [3.8, 4) is 0 Å². The van der Waals surface area contributed by atoms with Crippen LogP contribution in [-0.2, 0) is 37.4 Å². The van der Waals surface area contributed by atoms with Gasteiger partial charge in [-0.15, -0.1) is 11.3 Å². The molecular weight excluding hydrogens is 719 g/mol. The summed E-state index contributed by atoms with van der Waals surface area (Å²) >= 11 is 1.52. The van der Waals surface area contributed by atoms with Crippen molar-refractivity contribution in [2.75, 3.05) is 32.7 Å². The van der Waals surface area contributed by atoms with Gasteiger partial charge in [0.15, 0.2) is 0 Å². The highest BCUT2D eigenvalue weighted by atomic mass is 32.2. The van der Waals surface area contributed by atoms with E-state index >= 15 is 0 Å². The van der Waals surface area contributed by atoms with Crippen molar-refractivity contribution in [2.24, 2.45) is 22.7 Å². The highest BCUT2D eigenvalue weighted by Crippen LogP contribution is 2.23. The van der Waals surface area contributed by atoms with E-state index < -0.39 is 40.1 Å². The molecular formula is C37H51N7O7S2. The molecule has 53 heavy (non-hydrogen) atoms. The van der Waals surface area contributed by atoms with Gasteiger partial charge < -0.3 is 30.8 Å². The molecule has 0 unspecified atom stereocenters. The summed E-state index contributed by atoms with van der Waals surface area (Å²) in [5.41, 5.74) is 7.48. The SMILES string of the molecule is Cc1nc(CN2CCN([C@H](C(=O)N[C@@H](Cc3ccccc3)[C@@H](O)CN(CC(C)C)S(=O)(=O)c3ccc(C=NOC(=O)CCN)cc3)C(C)C)C2=O)cs1. The number of carbonyl (C=O) groups is 3. The number of hydrogen-bond acceptors (Lipinski definition) is 11. The second-order valence-electron chi connectivity index (χ2n) is 13.8. The molecule has 2 heterocycles.